The molecule has 3 N–H and O–H groups in total. The van der Waals surface area contributed by atoms with E-state index >= 15 is 0 Å². The molecule has 0 amide bonds. The summed E-state index contributed by atoms with van der Waals surface area (Å²) >= 11 is 0. The standard InChI is InChI=1S/C14H13N3O7/c15-9(6-12(18)19)14(20)24-7-23-11-4-3-10(17(21)22)8-2-1-5-16-13(8)11/h1-5,9H,6-7,15H2,(H,18,19). The molecule has 0 spiro atoms. The molecule has 1 heterocycles. The van der Waals surface area contributed by atoms with Gasteiger partial charge in [0.1, 0.15) is 17.3 Å². The van der Waals surface area contributed by atoms with E-state index in [9.17, 15) is 19.7 Å². The Bertz CT molecular complexity index is 793. The molecule has 1 aromatic carbocycles. The maximum atomic E-state index is 11.5. The summed E-state index contributed by atoms with van der Waals surface area (Å²) in [6.07, 6.45) is 0.870. The van der Waals surface area contributed by atoms with Crippen molar-refractivity contribution in [3.63, 3.8) is 0 Å². The Kier molecular flexibility index (Phi) is 5.22. The Morgan fingerprint density at radius 1 is 1.38 bits per heavy atom. The summed E-state index contributed by atoms with van der Waals surface area (Å²) in [5.41, 5.74) is 5.44. The van der Waals surface area contributed by atoms with Gasteiger partial charge in [0.25, 0.3) is 5.69 Å². The van der Waals surface area contributed by atoms with Crippen LogP contribution >= 0.6 is 0 Å². The van der Waals surface area contributed by atoms with Crippen LogP contribution in [0.2, 0.25) is 0 Å². The first-order chi connectivity index (χ1) is 11.4. The molecule has 0 fully saturated rings. The quantitative estimate of drug-likeness (QED) is 0.324. The highest BCUT2D eigenvalue weighted by Gasteiger charge is 2.19. The fraction of sp³-hybridized carbons (Fsp3) is 0.214. The van der Waals surface area contributed by atoms with E-state index in [-0.39, 0.29) is 22.3 Å². The number of nitrogens with zero attached hydrogens (tertiary/aromatic N) is 2. The van der Waals surface area contributed by atoms with Crippen molar-refractivity contribution in [3.05, 3.63) is 40.6 Å². The number of fused-ring (bicyclic) bond motifs is 1. The molecule has 0 saturated heterocycles. The van der Waals surface area contributed by atoms with Crippen LogP contribution in [0.4, 0.5) is 5.69 Å². The Labute approximate surface area is 134 Å². The molecule has 10 heteroatoms. The summed E-state index contributed by atoms with van der Waals surface area (Å²) in [5.74, 6) is -1.99. The lowest BCUT2D eigenvalue weighted by atomic mass is 10.1. The molecule has 0 aliphatic rings. The van der Waals surface area contributed by atoms with Crippen molar-refractivity contribution in [1.82, 2.24) is 4.98 Å². The van der Waals surface area contributed by atoms with E-state index in [1.807, 2.05) is 0 Å². The van der Waals surface area contributed by atoms with Gasteiger partial charge < -0.3 is 20.3 Å². The van der Waals surface area contributed by atoms with Crippen LogP contribution in [-0.4, -0.2) is 39.8 Å². The van der Waals surface area contributed by atoms with Gasteiger partial charge in [0, 0.05) is 12.3 Å². The molecule has 0 aliphatic heterocycles. The predicted molar refractivity (Wildman–Crippen MR) is 80.2 cm³/mol. The summed E-state index contributed by atoms with van der Waals surface area (Å²) < 4.78 is 9.97. The Balaban J connectivity index is 2.09. The highest BCUT2D eigenvalue weighted by Crippen LogP contribution is 2.31. The van der Waals surface area contributed by atoms with E-state index in [0.717, 1.165) is 0 Å². The second kappa shape index (κ2) is 7.33. The molecule has 24 heavy (non-hydrogen) atoms. The molecule has 2 rings (SSSR count). The zero-order valence-electron chi connectivity index (χ0n) is 12.2. The third-order valence-electron chi connectivity index (χ3n) is 3.02. The SMILES string of the molecule is NC(CC(=O)O)C(=O)OCOc1ccc([N+](=O)[O-])c2cccnc12. The summed E-state index contributed by atoms with van der Waals surface area (Å²) in [6, 6.07) is 4.33. The van der Waals surface area contributed by atoms with Crippen LogP contribution in [0.25, 0.3) is 10.9 Å². The largest absolute Gasteiger partial charge is 0.481 e. The van der Waals surface area contributed by atoms with Crippen molar-refractivity contribution in [2.45, 2.75) is 12.5 Å². The first-order valence-corrected chi connectivity index (χ1v) is 6.69. The van der Waals surface area contributed by atoms with Crippen LogP contribution < -0.4 is 10.5 Å². The number of carbonyl (C=O) groups excluding carboxylic acids is 1. The highest BCUT2D eigenvalue weighted by molar-refractivity contribution is 5.92. The van der Waals surface area contributed by atoms with E-state index in [0.29, 0.717) is 0 Å². The minimum atomic E-state index is -1.31. The van der Waals surface area contributed by atoms with Gasteiger partial charge in [-0.25, -0.2) is 0 Å². The Hall–Kier alpha value is -3.27. The number of benzene rings is 1. The topological polar surface area (TPSA) is 155 Å². The molecule has 2 aromatic rings. The van der Waals surface area contributed by atoms with Gasteiger partial charge in [-0.1, -0.05) is 0 Å². The minimum Gasteiger partial charge on any atom is -0.481 e. The van der Waals surface area contributed by atoms with Gasteiger partial charge in [0.2, 0.25) is 6.79 Å². The molecule has 126 valence electrons. The van der Waals surface area contributed by atoms with Crippen molar-refractivity contribution in [1.29, 1.82) is 0 Å². The summed E-state index contributed by atoms with van der Waals surface area (Å²) in [5, 5.41) is 19.8. The van der Waals surface area contributed by atoms with Crippen molar-refractivity contribution < 1.29 is 29.1 Å². The number of rotatable bonds is 7. The number of carbonyl (C=O) groups is 2. The Morgan fingerprint density at radius 3 is 2.79 bits per heavy atom. The number of nitro benzene ring substituents is 1. The lowest BCUT2D eigenvalue weighted by Crippen LogP contribution is -2.35. The predicted octanol–water partition coefficient (Wildman–Crippen LogP) is 0.824. The minimum absolute atomic E-state index is 0.133. The molecular weight excluding hydrogens is 322 g/mol. The second-order valence-corrected chi connectivity index (χ2v) is 4.67. The monoisotopic (exact) mass is 335 g/mol. The summed E-state index contributed by atoms with van der Waals surface area (Å²) in [7, 11) is 0. The zero-order chi connectivity index (χ0) is 17.7. The Morgan fingerprint density at radius 2 is 2.12 bits per heavy atom. The molecule has 0 aliphatic carbocycles. The van der Waals surface area contributed by atoms with E-state index in [2.05, 4.69) is 4.98 Å². The number of non-ortho nitro benzene ring substituents is 1. The van der Waals surface area contributed by atoms with Crippen LogP contribution in [-0.2, 0) is 14.3 Å². The van der Waals surface area contributed by atoms with Crippen molar-refractivity contribution >= 4 is 28.5 Å². The number of hydrogen-bond acceptors (Lipinski definition) is 8. The van der Waals surface area contributed by atoms with Gasteiger partial charge >= 0.3 is 11.9 Å². The number of nitro groups is 1. The molecule has 10 nitrogen and oxygen atoms in total. The van der Waals surface area contributed by atoms with Crippen molar-refractivity contribution in [2.24, 2.45) is 5.73 Å². The van der Waals surface area contributed by atoms with Crippen LogP contribution in [0.5, 0.6) is 5.75 Å². The number of nitrogens with two attached hydrogens (primary N) is 1. The van der Waals surface area contributed by atoms with Crippen LogP contribution in [0.1, 0.15) is 6.42 Å². The highest BCUT2D eigenvalue weighted by atomic mass is 16.7. The maximum Gasteiger partial charge on any atom is 0.326 e. The molecule has 0 bridgehead atoms. The number of ether oxygens (including phenoxy) is 2. The van der Waals surface area contributed by atoms with Gasteiger partial charge in [0.15, 0.2) is 0 Å². The average molecular weight is 335 g/mol. The third kappa shape index (κ3) is 3.93. The van der Waals surface area contributed by atoms with E-state index in [1.54, 1.807) is 6.07 Å². The average Bonchev–Trinajstić information content (AvgIpc) is 2.53. The van der Waals surface area contributed by atoms with Crippen LogP contribution in [0.3, 0.4) is 0 Å². The van der Waals surface area contributed by atoms with Crippen molar-refractivity contribution in [3.8, 4) is 5.75 Å². The summed E-state index contributed by atoms with van der Waals surface area (Å²) in [6.45, 7) is -0.532. The van der Waals surface area contributed by atoms with Gasteiger partial charge in [-0.05, 0) is 18.2 Å². The molecular formula is C14H13N3O7. The number of aliphatic carboxylic acids is 1. The van der Waals surface area contributed by atoms with E-state index < -0.39 is 36.1 Å². The maximum absolute atomic E-state index is 11.5. The van der Waals surface area contributed by atoms with Gasteiger partial charge in [-0.2, -0.15) is 0 Å². The van der Waals surface area contributed by atoms with E-state index in [1.165, 1.54) is 24.4 Å². The first kappa shape index (κ1) is 17.1. The first-order valence-electron chi connectivity index (χ1n) is 6.69. The fourth-order valence-electron chi connectivity index (χ4n) is 1.94. The normalized spacial score (nSPS) is 11.7. The van der Waals surface area contributed by atoms with Gasteiger partial charge in [-0.3, -0.25) is 24.7 Å². The molecule has 0 radical (unpaired) electrons. The van der Waals surface area contributed by atoms with Crippen molar-refractivity contribution in [2.75, 3.05) is 6.79 Å². The number of aromatic nitrogens is 1. The second-order valence-electron chi connectivity index (χ2n) is 4.67. The smallest absolute Gasteiger partial charge is 0.326 e. The fourth-order valence-corrected chi connectivity index (χ4v) is 1.94. The number of pyridine rings is 1. The molecule has 1 aromatic heterocycles. The lowest BCUT2D eigenvalue weighted by molar-refractivity contribution is -0.383. The molecule has 1 unspecified atom stereocenters. The molecule has 0 saturated carbocycles. The third-order valence-corrected chi connectivity index (χ3v) is 3.02. The molecule has 1 atom stereocenters. The van der Waals surface area contributed by atoms with Gasteiger partial charge in [-0.15, -0.1) is 0 Å². The summed E-state index contributed by atoms with van der Waals surface area (Å²) in [4.78, 5) is 36.4. The van der Waals surface area contributed by atoms with Crippen LogP contribution in [0, 0.1) is 10.1 Å². The van der Waals surface area contributed by atoms with Gasteiger partial charge in [0.05, 0.1) is 16.7 Å². The number of carboxylic acids is 1. The van der Waals surface area contributed by atoms with E-state index in [4.69, 9.17) is 20.3 Å². The zero-order valence-corrected chi connectivity index (χ0v) is 12.2. The van der Waals surface area contributed by atoms with Crippen LogP contribution in [0.15, 0.2) is 30.5 Å². The lowest BCUT2D eigenvalue weighted by Gasteiger charge is -2.11. The number of esters is 1. The number of carboxylic acid groups (broad SMARTS) is 1. The number of hydrogen-bond donors (Lipinski definition) is 2.